The van der Waals surface area contributed by atoms with E-state index < -0.39 is 7.14 Å². The third-order valence-electron chi connectivity index (χ3n) is 4.70. The summed E-state index contributed by atoms with van der Waals surface area (Å²) in [6.07, 6.45) is 10.9. The minimum Gasteiger partial charge on any atom is -0.314 e. The Bertz CT molecular complexity index is 583. The lowest BCUT2D eigenvalue weighted by atomic mass is 10.1. The Kier molecular flexibility index (Phi) is 9.58. The summed E-state index contributed by atoms with van der Waals surface area (Å²) in [6.45, 7) is 0. The molecule has 0 unspecified atom stereocenters. The third kappa shape index (κ3) is 6.76. The highest BCUT2D eigenvalue weighted by Crippen LogP contribution is 2.44. The number of benzene rings is 2. The molecule has 0 aliphatic heterocycles. The van der Waals surface area contributed by atoms with Crippen LogP contribution >= 0.6 is 23.1 Å². The highest BCUT2D eigenvalue weighted by Gasteiger charge is 2.26. The Hall–Kier alpha value is -0.850. The van der Waals surface area contributed by atoms with E-state index in [2.05, 4.69) is 15.9 Å². The van der Waals surface area contributed by atoms with Gasteiger partial charge in [-0.1, -0.05) is 115 Å². The maximum absolute atomic E-state index is 13.8. The van der Waals surface area contributed by atoms with E-state index >= 15 is 0 Å². The first-order chi connectivity index (χ1) is 12.3. The number of halogens is 1. The van der Waals surface area contributed by atoms with Gasteiger partial charge in [-0.2, -0.15) is 0 Å². The van der Waals surface area contributed by atoms with Crippen LogP contribution < -0.4 is 10.6 Å². The van der Waals surface area contributed by atoms with E-state index in [-0.39, 0.29) is 0 Å². The molecule has 0 amide bonds. The molecule has 0 heterocycles. The topological polar surface area (TPSA) is 17.1 Å². The molecule has 0 bridgehead atoms. The Labute approximate surface area is 161 Å². The van der Waals surface area contributed by atoms with Gasteiger partial charge in [0.15, 0.2) is 0 Å². The van der Waals surface area contributed by atoms with Gasteiger partial charge in [-0.05, 0) is 12.8 Å². The van der Waals surface area contributed by atoms with Gasteiger partial charge in [0.1, 0.15) is 7.14 Å². The van der Waals surface area contributed by atoms with E-state index in [1.807, 2.05) is 60.7 Å². The van der Waals surface area contributed by atoms with Gasteiger partial charge in [-0.25, -0.2) is 0 Å². The fourth-order valence-corrected chi connectivity index (χ4v) is 6.42. The normalized spacial score (nSPS) is 11.6. The standard InChI is InChI=1S/C22H30BrOP/c23-19-13-5-3-1-2-4-6-14-20-25(24,21-15-9-7-10-16-21)22-17-11-8-12-18-22/h7-12,15-18H,1-6,13-14,19-20H2. The second-order valence-electron chi connectivity index (χ2n) is 6.65. The molecule has 0 saturated heterocycles. The van der Waals surface area contributed by atoms with Crippen LogP contribution in [0, 0.1) is 0 Å². The van der Waals surface area contributed by atoms with Gasteiger partial charge in [0, 0.05) is 22.1 Å². The van der Waals surface area contributed by atoms with Crippen LogP contribution in [0.1, 0.15) is 51.4 Å². The van der Waals surface area contributed by atoms with Crippen LogP contribution in [-0.4, -0.2) is 11.5 Å². The largest absolute Gasteiger partial charge is 0.314 e. The first kappa shape index (κ1) is 20.5. The summed E-state index contributed by atoms with van der Waals surface area (Å²) in [6, 6.07) is 20.1. The first-order valence-electron chi connectivity index (χ1n) is 9.53. The minimum atomic E-state index is -2.50. The first-order valence-corrected chi connectivity index (χ1v) is 12.5. The van der Waals surface area contributed by atoms with Gasteiger partial charge >= 0.3 is 0 Å². The summed E-state index contributed by atoms with van der Waals surface area (Å²) in [7, 11) is -2.50. The maximum Gasteiger partial charge on any atom is 0.143 e. The zero-order chi connectivity index (χ0) is 17.8. The molecule has 0 aliphatic carbocycles. The molecule has 0 aromatic heterocycles. The molecule has 0 spiro atoms. The van der Waals surface area contributed by atoms with Crippen molar-refractivity contribution in [2.75, 3.05) is 11.5 Å². The number of hydrogen-bond acceptors (Lipinski definition) is 1. The SMILES string of the molecule is O=P(CCCCCCCCCCBr)(c1ccccc1)c1ccccc1. The van der Waals surface area contributed by atoms with Crippen molar-refractivity contribution >= 4 is 33.7 Å². The smallest absolute Gasteiger partial charge is 0.143 e. The Morgan fingerprint density at radius 1 is 0.600 bits per heavy atom. The van der Waals surface area contributed by atoms with Crippen molar-refractivity contribution in [2.45, 2.75) is 51.4 Å². The molecule has 1 nitrogen and oxygen atoms in total. The van der Waals surface area contributed by atoms with Crippen molar-refractivity contribution in [3.63, 3.8) is 0 Å². The number of unbranched alkanes of at least 4 members (excludes halogenated alkanes) is 7. The molecular formula is C22H30BrOP. The molecule has 2 rings (SSSR count). The molecule has 0 aliphatic rings. The molecule has 0 radical (unpaired) electrons. The predicted octanol–water partition coefficient (Wildman–Crippen LogP) is 6.52. The Morgan fingerprint density at radius 3 is 1.44 bits per heavy atom. The van der Waals surface area contributed by atoms with E-state index in [4.69, 9.17) is 0 Å². The van der Waals surface area contributed by atoms with Gasteiger partial charge < -0.3 is 4.57 Å². The summed E-state index contributed by atoms with van der Waals surface area (Å²) in [5.41, 5.74) is 0. The average Bonchev–Trinajstić information content (AvgIpc) is 2.68. The van der Waals surface area contributed by atoms with Crippen molar-refractivity contribution in [1.82, 2.24) is 0 Å². The monoisotopic (exact) mass is 420 g/mol. The van der Waals surface area contributed by atoms with Crippen LogP contribution in [0.4, 0.5) is 0 Å². The zero-order valence-electron chi connectivity index (χ0n) is 15.1. The van der Waals surface area contributed by atoms with E-state index in [0.717, 1.165) is 28.5 Å². The van der Waals surface area contributed by atoms with Crippen LogP contribution in [0.2, 0.25) is 0 Å². The molecule has 136 valence electrons. The molecule has 2 aromatic carbocycles. The highest BCUT2D eigenvalue weighted by molar-refractivity contribution is 9.09. The lowest BCUT2D eigenvalue weighted by molar-refractivity contribution is 0.573. The van der Waals surface area contributed by atoms with Crippen molar-refractivity contribution in [3.8, 4) is 0 Å². The summed E-state index contributed by atoms with van der Waals surface area (Å²) in [5.74, 6) is 0. The number of hydrogen-bond donors (Lipinski definition) is 0. The quantitative estimate of drug-likeness (QED) is 0.217. The zero-order valence-corrected chi connectivity index (χ0v) is 17.6. The van der Waals surface area contributed by atoms with E-state index in [9.17, 15) is 4.57 Å². The van der Waals surface area contributed by atoms with Crippen LogP contribution in [0.5, 0.6) is 0 Å². The lowest BCUT2D eigenvalue weighted by Gasteiger charge is -2.19. The molecule has 0 atom stereocenters. The average molecular weight is 421 g/mol. The summed E-state index contributed by atoms with van der Waals surface area (Å²) in [4.78, 5) is 0. The molecule has 0 saturated carbocycles. The second kappa shape index (κ2) is 11.7. The van der Waals surface area contributed by atoms with Crippen molar-refractivity contribution in [3.05, 3.63) is 60.7 Å². The molecule has 0 fully saturated rings. The predicted molar refractivity (Wildman–Crippen MR) is 115 cm³/mol. The van der Waals surface area contributed by atoms with Gasteiger partial charge in [-0.15, -0.1) is 0 Å². The minimum absolute atomic E-state index is 0.782. The molecule has 25 heavy (non-hydrogen) atoms. The Balaban J connectivity index is 1.86. The fraction of sp³-hybridized carbons (Fsp3) is 0.455. The Morgan fingerprint density at radius 2 is 1.00 bits per heavy atom. The van der Waals surface area contributed by atoms with E-state index in [1.165, 1.54) is 44.9 Å². The van der Waals surface area contributed by atoms with Crippen LogP contribution in [0.15, 0.2) is 60.7 Å². The van der Waals surface area contributed by atoms with Gasteiger partial charge in [-0.3, -0.25) is 0 Å². The number of alkyl halides is 1. The summed E-state index contributed by atoms with van der Waals surface area (Å²) < 4.78 is 13.8. The fourth-order valence-electron chi connectivity index (χ4n) is 3.23. The third-order valence-corrected chi connectivity index (χ3v) is 8.47. The van der Waals surface area contributed by atoms with Crippen LogP contribution in [0.25, 0.3) is 0 Å². The molecule has 0 N–H and O–H groups in total. The summed E-state index contributed by atoms with van der Waals surface area (Å²) in [5, 5.41) is 3.12. The van der Waals surface area contributed by atoms with Crippen molar-refractivity contribution < 1.29 is 4.57 Å². The lowest BCUT2D eigenvalue weighted by Crippen LogP contribution is -2.18. The van der Waals surface area contributed by atoms with Gasteiger partial charge in [0.2, 0.25) is 0 Å². The van der Waals surface area contributed by atoms with Gasteiger partial charge in [0.05, 0.1) is 0 Å². The van der Waals surface area contributed by atoms with Crippen LogP contribution in [0.3, 0.4) is 0 Å². The van der Waals surface area contributed by atoms with Crippen molar-refractivity contribution in [2.24, 2.45) is 0 Å². The summed E-state index contributed by atoms with van der Waals surface area (Å²) >= 11 is 3.48. The highest BCUT2D eigenvalue weighted by atomic mass is 79.9. The molecule has 3 heteroatoms. The van der Waals surface area contributed by atoms with E-state index in [1.54, 1.807) is 0 Å². The number of rotatable bonds is 12. The molecule has 2 aromatic rings. The molecular weight excluding hydrogens is 391 g/mol. The van der Waals surface area contributed by atoms with Crippen LogP contribution in [-0.2, 0) is 4.57 Å². The van der Waals surface area contributed by atoms with Gasteiger partial charge in [0.25, 0.3) is 0 Å². The van der Waals surface area contributed by atoms with E-state index in [0.29, 0.717) is 0 Å². The second-order valence-corrected chi connectivity index (χ2v) is 10.4. The van der Waals surface area contributed by atoms with Crippen molar-refractivity contribution in [1.29, 1.82) is 0 Å². The maximum atomic E-state index is 13.8.